The van der Waals surface area contributed by atoms with Gasteiger partial charge in [0, 0.05) is 10.6 Å². The van der Waals surface area contributed by atoms with E-state index in [0.29, 0.717) is 16.1 Å². The van der Waals surface area contributed by atoms with Gasteiger partial charge in [0.2, 0.25) is 0 Å². The second-order valence-electron chi connectivity index (χ2n) is 6.77. The monoisotopic (exact) mass is 446 g/mol. The van der Waals surface area contributed by atoms with E-state index in [1.165, 1.54) is 24.4 Å². The van der Waals surface area contributed by atoms with E-state index in [0.717, 1.165) is 10.8 Å². The number of nitrogens with one attached hydrogen (secondary N) is 1. The van der Waals surface area contributed by atoms with Crippen LogP contribution in [0, 0.1) is 5.82 Å². The van der Waals surface area contributed by atoms with Crippen molar-refractivity contribution in [3.63, 3.8) is 0 Å². The highest BCUT2D eigenvalue weighted by molar-refractivity contribution is 6.30. The maximum absolute atomic E-state index is 13.8. The van der Waals surface area contributed by atoms with Gasteiger partial charge in [0.05, 0.1) is 17.3 Å². The Morgan fingerprint density at radius 2 is 1.62 bits per heavy atom. The molecule has 1 N–H and O–H groups in total. The Kier molecular flexibility index (Phi) is 6.24. The first-order valence-corrected chi connectivity index (χ1v) is 9.98. The van der Waals surface area contributed by atoms with Gasteiger partial charge in [-0.05, 0) is 53.2 Å². The maximum Gasteiger partial charge on any atom is 0.343 e. The lowest BCUT2D eigenvalue weighted by Crippen LogP contribution is -2.19. The molecule has 0 unspecified atom stereocenters. The summed E-state index contributed by atoms with van der Waals surface area (Å²) in [5.74, 6) is -1.66. The molecule has 0 aliphatic carbocycles. The average Bonchev–Trinajstić information content (AvgIpc) is 2.80. The fourth-order valence-electron chi connectivity index (χ4n) is 3.10. The lowest BCUT2D eigenvalue weighted by molar-refractivity contribution is 0.0734. The predicted octanol–water partition coefficient (Wildman–Crippen LogP) is 5.62. The first kappa shape index (κ1) is 21.2. The van der Waals surface area contributed by atoms with Crippen LogP contribution in [0.1, 0.15) is 26.3 Å². The summed E-state index contributed by atoms with van der Waals surface area (Å²) in [6.45, 7) is 0. The molecule has 158 valence electrons. The smallest absolute Gasteiger partial charge is 0.343 e. The molecule has 0 saturated heterocycles. The molecule has 7 heteroatoms. The molecule has 0 atom stereocenters. The van der Waals surface area contributed by atoms with Crippen molar-refractivity contribution in [2.45, 2.75) is 0 Å². The van der Waals surface area contributed by atoms with Crippen LogP contribution in [0.25, 0.3) is 10.8 Å². The minimum absolute atomic E-state index is 0.128. The number of fused-ring (bicyclic) bond motifs is 1. The van der Waals surface area contributed by atoms with Crippen LogP contribution in [0.15, 0.2) is 90.0 Å². The number of nitrogens with zero attached hydrogens (tertiary/aromatic N) is 1. The Labute approximate surface area is 188 Å². The van der Waals surface area contributed by atoms with E-state index in [2.05, 4.69) is 10.5 Å². The molecule has 0 bridgehead atoms. The Morgan fingerprint density at radius 3 is 2.41 bits per heavy atom. The van der Waals surface area contributed by atoms with Crippen LogP contribution in [0.2, 0.25) is 5.02 Å². The molecular weight excluding hydrogens is 431 g/mol. The summed E-state index contributed by atoms with van der Waals surface area (Å²) in [5, 5.41) is 6.12. The quantitative estimate of drug-likeness (QED) is 0.187. The Bertz CT molecular complexity index is 1340. The number of esters is 1. The largest absolute Gasteiger partial charge is 0.422 e. The van der Waals surface area contributed by atoms with Crippen LogP contribution >= 0.6 is 11.6 Å². The summed E-state index contributed by atoms with van der Waals surface area (Å²) in [6.07, 6.45) is 1.37. The standard InChI is InChI=1S/C25H16ClFN2O3/c26-18-12-9-17(10-13-18)25(31)32-23-14-11-16-5-1-2-6-19(16)21(23)15-28-29-24(30)20-7-3-4-8-22(20)27/h1-15H,(H,29,30). The third kappa shape index (κ3) is 4.66. The van der Waals surface area contributed by atoms with E-state index >= 15 is 0 Å². The molecule has 0 heterocycles. The van der Waals surface area contributed by atoms with E-state index in [4.69, 9.17) is 16.3 Å². The van der Waals surface area contributed by atoms with Crippen molar-refractivity contribution in [1.82, 2.24) is 5.43 Å². The van der Waals surface area contributed by atoms with Crippen molar-refractivity contribution in [3.8, 4) is 5.75 Å². The van der Waals surface area contributed by atoms with Crippen LogP contribution in [0.4, 0.5) is 4.39 Å². The van der Waals surface area contributed by atoms with Gasteiger partial charge in [-0.3, -0.25) is 4.79 Å². The molecule has 0 fully saturated rings. The fraction of sp³-hybridized carbons (Fsp3) is 0. The highest BCUT2D eigenvalue weighted by Crippen LogP contribution is 2.27. The molecular formula is C25H16ClFN2O3. The molecule has 0 aliphatic rings. The van der Waals surface area contributed by atoms with Crippen molar-refractivity contribution in [2.75, 3.05) is 0 Å². The summed E-state index contributed by atoms with van der Waals surface area (Å²) in [6, 6.07) is 22.8. The molecule has 0 saturated carbocycles. The first-order valence-electron chi connectivity index (χ1n) is 9.60. The molecule has 0 aliphatic heterocycles. The molecule has 4 aromatic carbocycles. The van der Waals surface area contributed by atoms with Crippen LogP contribution in [0.3, 0.4) is 0 Å². The van der Waals surface area contributed by atoms with E-state index < -0.39 is 17.7 Å². The van der Waals surface area contributed by atoms with Gasteiger partial charge in [-0.2, -0.15) is 5.10 Å². The molecule has 4 rings (SSSR count). The molecule has 0 spiro atoms. The summed E-state index contributed by atoms with van der Waals surface area (Å²) in [7, 11) is 0. The number of carbonyl (C=O) groups excluding carboxylic acids is 2. The molecule has 32 heavy (non-hydrogen) atoms. The van der Waals surface area contributed by atoms with Crippen molar-refractivity contribution in [2.24, 2.45) is 5.10 Å². The lowest BCUT2D eigenvalue weighted by atomic mass is 10.0. The summed E-state index contributed by atoms with van der Waals surface area (Å²) < 4.78 is 19.4. The van der Waals surface area contributed by atoms with Crippen LogP contribution in [0.5, 0.6) is 5.75 Å². The van der Waals surface area contributed by atoms with E-state index in [-0.39, 0.29) is 11.3 Å². The van der Waals surface area contributed by atoms with Crippen LogP contribution in [-0.2, 0) is 0 Å². The number of amides is 1. The summed E-state index contributed by atoms with van der Waals surface area (Å²) in [4.78, 5) is 24.8. The Balaban J connectivity index is 1.63. The Hall–Kier alpha value is -4.03. The van der Waals surface area contributed by atoms with E-state index in [1.807, 2.05) is 30.3 Å². The molecule has 1 amide bonds. The van der Waals surface area contributed by atoms with Gasteiger partial charge in [-0.1, -0.05) is 54.1 Å². The van der Waals surface area contributed by atoms with Gasteiger partial charge in [0.25, 0.3) is 5.91 Å². The van der Waals surface area contributed by atoms with Crippen molar-refractivity contribution >= 4 is 40.5 Å². The third-order valence-electron chi connectivity index (χ3n) is 4.69. The Morgan fingerprint density at radius 1 is 0.906 bits per heavy atom. The maximum atomic E-state index is 13.8. The zero-order valence-corrected chi connectivity index (χ0v) is 17.3. The summed E-state index contributed by atoms with van der Waals surface area (Å²) >= 11 is 5.88. The molecule has 4 aromatic rings. The van der Waals surface area contributed by atoms with Gasteiger partial charge in [-0.15, -0.1) is 0 Å². The summed E-state index contributed by atoms with van der Waals surface area (Å²) in [5.41, 5.74) is 3.00. The second-order valence-corrected chi connectivity index (χ2v) is 7.21. The average molecular weight is 447 g/mol. The highest BCUT2D eigenvalue weighted by atomic mass is 35.5. The van der Waals surface area contributed by atoms with Gasteiger partial charge in [0.15, 0.2) is 0 Å². The van der Waals surface area contributed by atoms with Crippen molar-refractivity contribution in [3.05, 3.63) is 112 Å². The minimum Gasteiger partial charge on any atom is -0.422 e. The highest BCUT2D eigenvalue weighted by Gasteiger charge is 2.14. The topological polar surface area (TPSA) is 67.8 Å². The van der Waals surface area contributed by atoms with E-state index in [1.54, 1.807) is 36.4 Å². The zero-order valence-electron chi connectivity index (χ0n) is 16.6. The number of ether oxygens (including phenoxy) is 1. The molecule has 5 nitrogen and oxygen atoms in total. The van der Waals surface area contributed by atoms with Gasteiger partial charge >= 0.3 is 5.97 Å². The van der Waals surface area contributed by atoms with Crippen LogP contribution < -0.4 is 10.2 Å². The lowest BCUT2D eigenvalue weighted by Gasteiger charge is -2.10. The fourth-order valence-corrected chi connectivity index (χ4v) is 3.23. The number of halogens is 2. The third-order valence-corrected chi connectivity index (χ3v) is 4.94. The zero-order chi connectivity index (χ0) is 22.5. The number of benzene rings is 4. The first-order chi connectivity index (χ1) is 15.5. The normalized spacial score (nSPS) is 10.9. The van der Waals surface area contributed by atoms with Crippen molar-refractivity contribution < 1.29 is 18.7 Å². The van der Waals surface area contributed by atoms with E-state index in [9.17, 15) is 14.0 Å². The SMILES string of the molecule is O=C(Oc1ccc2ccccc2c1C=NNC(=O)c1ccccc1F)c1ccc(Cl)cc1. The minimum atomic E-state index is -0.695. The molecule has 0 aromatic heterocycles. The number of hydrogen-bond acceptors (Lipinski definition) is 4. The number of hydrazone groups is 1. The number of hydrogen-bond donors (Lipinski definition) is 1. The van der Waals surface area contributed by atoms with Crippen molar-refractivity contribution in [1.29, 1.82) is 0 Å². The van der Waals surface area contributed by atoms with Crippen LogP contribution in [-0.4, -0.2) is 18.1 Å². The van der Waals surface area contributed by atoms with Gasteiger partial charge < -0.3 is 4.74 Å². The number of rotatable bonds is 5. The molecule has 0 radical (unpaired) electrons. The number of carbonyl (C=O) groups is 2. The predicted molar refractivity (Wildman–Crippen MR) is 122 cm³/mol. The van der Waals surface area contributed by atoms with Gasteiger partial charge in [-0.25, -0.2) is 14.6 Å². The van der Waals surface area contributed by atoms with Gasteiger partial charge in [0.1, 0.15) is 11.6 Å². The second kappa shape index (κ2) is 9.41.